The van der Waals surface area contributed by atoms with Gasteiger partial charge in [0.15, 0.2) is 0 Å². The summed E-state index contributed by atoms with van der Waals surface area (Å²) in [4.78, 5) is 23.3. The normalized spacial score (nSPS) is 20.5. The molecule has 0 bridgehead atoms. The highest BCUT2D eigenvalue weighted by Gasteiger charge is 2.16. The maximum atomic E-state index is 11.8. The Balaban J connectivity index is 1.79. The second kappa shape index (κ2) is 8.87. The van der Waals surface area contributed by atoms with Gasteiger partial charge in [-0.1, -0.05) is 42.5 Å². The molecule has 1 aliphatic heterocycles. The molecule has 1 amide bonds. The lowest BCUT2D eigenvalue weighted by molar-refractivity contribution is -0.144. The van der Waals surface area contributed by atoms with E-state index >= 15 is 0 Å². The number of allylic oxidation sites excluding steroid dienone is 2. The molecule has 0 aliphatic carbocycles. The van der Waals surface area contributed by atoms with Crippen LogP contribution in [0.1, 0.15) is 31.2 Å². The number of amides is 1. The first-order valence-electron chi connectivity index (χ1n) is 7.52. The lowest BCUT2D eigenvalue weighted by Crippen LogP contribution is -2.39. The number of hydrogen-bond donors (Lipinski definition) is 1. The number of esters is 1. The Morgan fingerprint density at radius 3 is 2.82 bits per heavy atom. The van der Waals surface area contributed by atoms with Crippen LogP contribution < -0.4 is 5.32 Å². The standard InChI is InChI=1S/C17H21NO4/c19-16-11-7-2-1-6-10-15(13-21-16)18-17(20)22-12-14-8-4-3-5-9-14/h1-5,8-9,15H,6-7,10-13H2,(H,18,20)/b2-1-/t15-/m1/s1. The molecule has 0 saturated heterocycles. The summed E-state index contributed by atoms with van der Waals surface area (Å²) in [6, 6.07) is 9.25. The molecule has 118 valence electrons. The molecular weight excluding hydrogens is 282 g/mol. The zero-order valence-corrected chi connectivity index (χ0v) is 12.5. The number of rotatable bonds is 3. The Hall–Kier alpha value is -2.30. The zero-order chi connectivity index (χ0) is 15.6. The fraction of sp³-hybridized carbons (Fsp3) is 0.412. The van der Waals surface area contributed by atoms with E-state index in [4.69, 9.17) is 9.47 Å². The first-order chi connectivity index (χ1) is 10.7. The predicted molar refractivity (Wildman–Crippen MR) is 82.1 cm³/mol. The average molecular weight is 303 g/mol. The summed E-state index contributed by atoms with van der Waals surface area (Å²) in [5.41, 5.74) is 0.929. The van der Waals surface area contributed by atoms with Crippen molar-refractivity contribution in [3.63, 3.8) is 0 Å². The molecule has 1 aromatic carbocycles. The van der Waals surface area contributed by atoms with E-state index in [0.29, 0.717) is 19.3 Å². The van der Waals surface area contributed by atoms with E-state index < -0.39 is 6.09 Å². The predicted octanol–water partition coefficient (Wildman–Crippen LogP) is 2.95. The van der Waals surface area contributed by atoms with Crippen molar-refractivity contribution in [3.05, 3.63) is 48.0 Å². The van der Waals surface area contributed by atoms with E-state index in [2.05, 4.69) is 5.32 Å². The van der Waals surface area contributed by atoms with Crippen LogP contribution in [0.5, 0.6) is 0 Å². The quantitative estimate of drug-likeness (QED) is 0.689. The molecule has 0 saturated carbocycles. The smallest absolute Gasteiger partial charge is 0.407 e. The Labute approximate surface area is 130 Å². The third-order valence-corrected chi connectivity index (χ3v) is 3.34. The summed E-state index contributed by atoms with van der Waals surface area (Å²) in [7, 11) is 0. The van der Waals surface area contributed by atoms with E-state index in [0.717, 1.165) is 12.0 Å². The Bertz CT molecular complexity index is 513. The number of carbonyl (C=O) groups is 2. The highest BCUT2D eigenvalue weighted by atomic mass is 16.6. The molecule has 0 aromatic heterocycles. The molecule has 0 unspecified atom stereocenters. The number of carbonyl (C=O) groups excluding carboxylic acids is 2. The van der Waals surface area contributed by atoms with Gasteiger partial charge in [0.25, 0.3) is 0 Å². The molecule has 5 nitrogen and oxygen atoms in total. The van der Waals surface area contributed by atoms with Crippen LogP contribution in [0.4, 0.5) is 4.79 Å². The fourth-order valence-corrected chi connectivity index (χ4v) is 2.13. The van der Waals surface area contributed by atoms with Gasteiger partial charge >= 0.3 is 12.1 Å². The van der Waals surface area contributed by atoms with Gasteiger partial charge in [-0.25, -0.2) is 4.79 Å². The van der Waals surface area contributed by atoms with Crippen LogP contribution in [0.3, 0.4) is 0 Å². The lowest BCUT2D eigenvalue weighted by atomic mass is 10.1. The van der Waals surface area contributed by atoms with Crippen molar-refractivity contribution in [3.8, 4) is 0 Å². The number of benzene rings is 1. The molecule has 1 aromatic rings. The SMILES string of the molecule is O=C1CC/C=C\CC[C@@H](NC(=O)OCc2ccccc2)CO1. The zero-order valence-electron chi connectivity index (χ0n) is 12.5. The maximum absolute atomic E-state index is 11.8. The minimum absolute atomic E-state index is 0.188. The fourth-order valence-electron chi connectivity index (χ4n) is 2.13. The third-order valence-electron chi connectivity index (χ3n) is 3.34. The van der Waals surface area contributed by atoms with Crippen LogP contribution in [0.25, 0.3) is 0 Å². The molecule has 1 heterocycles. The molecule has 1 aliphatic rings. The number of ether oxygens (including phenoxy) is 2. The minimum atomic E-state index is -0.494. The van der Waals surface area contributed by atoms with Crippen molar-refractivity contribution in [1.29, 1.82) is 0 Å². The molecule has 1 N–H and O–H groups in total. The van der Waals surface area contributed by atoms with E-state index in [1.54, 1.807) is 0 Å². The number of nitrogens with one attached hydrogen (secondary N) is 1. The molecule has 0 spiro atoms. The Kier molecular flexibility index (Phi) is 6.48. The van der Waals surface area contributed by atoms with Gasteiger partial charge in [-0.15, -0.1) is 0 Å². The van der Waals surface area contributed by atoms with Gasteiger partial charge in [-0.2, -0.15) is 0 Å². The molecule has 0 radical (unpaired) electrons. The van der Waals surface area contributed by atoms with Gasteiger partial charge in [-0.3, -0.25) is 4.79 Å². The van der Waals surface area contributed by atoms with E-state index in [-0.39, 0.29) is 25.2 Å². The van der Waals surface area contributed by atoms with Crippen LogP contribution in [0.2, 0.25) is 0 Å². The summed E-state index contributed by atoms with van der Waals surface area (Å²) < 4.78 is 10.3. The Morgan fingerprint density at radius 1 is 1.23 bits per heavy atom. The van der Waals surface area contributed by atoms with E-state index in [1.165, 1.54) is 0 Å². The molecule has 0 fully saturated rings. The number of hydrogen-bond acceptors (Lipinski definition) is 4. The molecule has 1 atom stereocenters. The second-order valence-electron chi connectivity index (χ2n) is 5.17. The van der Waals surface area contributed by atoms with Gasteiger partial charge in [0.2, 0.25) is 0 Å². The summed E-state index contributed by atoms with van der Waals surface area (Å²) in [5, 5.41) is 2.75. The summed E-state index contributed by atoms with van der Waals surface area (Å²) in [5.74, 6) is -0.240. The molecule has 2 rings (SSSR count). The van der Waals surface area contributed by atoms with Gasteiger partial charge in [0.05, 0.1) is 6.04 Å². The highest BCUT2D eigenvalue weighted by Crippen LogP contribution is 2.07. The first-order valence-corrected chi connectivity index (χ1v) is 7.52. The van der Waals surface area contributed by atoms with Crippen molar-refractivity contribution >= 4 is 12.1 Å². The molecule has 22 heavy (non-hydrogen) atoms. The third kappa shape index (κ3) is 5.99. The van der Waals surface area contributed by atoms with Crippen LogP contribution in [-0.4, -0.2) is 24.7 Å². The van der Waals surface area contributed by atoms with Crippen molar-refractivity contribution in [1.82, 2.24) is 5.32 Å². The second-order valence-corrected chi connectivity index (χ2v) is 5.17. The highest BCUT2D eigenvalue weighted by molar-refractivity contribution is 5.70. The summed E-state index contributed by atoms with van der Waals surface area (Å²) in [6.07, 6.45) is 6.13. The average Bonchev–Trinajstić information content (AvgIpc) is 2.54. The largest absolute Gasteiger partial charge is 0.463 e. The van der Waals surface area contributed by atoms with E-state index in [9.17, 15) is 9.59 Å². The van der Waals surface area contributed by atoms with Crippen molar-refractivity contribution in [2.45, 2.75) is 38.3 Å². The van der Waals surface area contributed by atoms with Crippen molar-refractivity contribution < 1.29 is 19.1 Å². The Morgan fingerprint density at radius 2 is 2.00 bits per heavy atom. The van der Waals surface area contributed by atoms with Gasteiger partial charge in [0, 0.05) is 6.42 Å². The van der Waals surface area contributed by atoms with Crippen molar-refractivity contribution in [2.75, 3.05) is 6.61 Å². The summed E-state index contributed by atoms with van der Waals surface area (Å²) in [6.45, 7) is 0.409. The first kappa shape index (κ1) is 16.1. The maximum Gasteiger partial charge on any atom is 0.407 e. The van der Waals surface area contributed by atoms with E-state index in [1.807, 2.05) is 42.5 Å². The van der Waals surface area contributed by atoms with Crippen LogP contribution in [0, 0.1) is 0 Å². The minimum Gasteiger partial charge on any atom is -0.463 e. The lowest BCUT2D eigenvalue weighted by Gasteiger charge is -2.18. The number of alkyl carbamates (subject to hydrolysis) is 1. The molecular formula is C17H21NO4. The molecule has 5 heteroatoms. The van der Waals surface area contributed by atoms with Crippen LogP contribution >= 0.6 is 0 Å². The van der Waals surface area contributed by atoms with Gasteiger partial charge in [-0.05, 0) is 24.8 Å². The topological polar surface area (TPSA) is 64.6 Å². The van der Waals surface area contributed by atoms with Gasteiger partial charge < -0.3 is 14.8 Å². The summed E-state index contributed by atoms with van der Waals surface area (Å²) >= 11 is 0. The van der Waals surface area contributed by atoms with Crippen LogP contribution in [0.15, 0.2) is 42.5 Å². The van der Waals surface area contributed by atoms with Crippen LogP contribution in [-0.2, 0) is 20.9 Å². The number of cyclic esters (lactones) is 1. The van der Waals surface area contributed by atoms with Gasteiger partial charge in [0.1, 0.15) is 13.2 Å². The monoisotopic (exact) mass is 303 g/mol. The van der Waals surface area contributed by atoms with Crippen molar-refractivity contribution in [2.24, 2.45) is 0 Å².